The lowest BCUT2D eigenvalue weighted by molar-refractivity contribution is 0.0728. The molecule has 1 heterocycles. The van der Waals surface area contributed by atoms with Crippen LogP contribution in [0, 0.1) is 13.8 Å². The molecule has 12 heteroatoms. The molecule has 2 N–H and O–H groups in total. The van der Waals surface area contributed by atoms with E-state index in [4.69, 9.17) is 15.1 Å². The van der Waals surface area contributed by atoms with Crippen LogP contribution in [0.4, 0.5) is 5.69 Å². The van der Waals surface area contributed by atoms with Crippen LogP contribution in [0.15, 0.2) is 21.3 Å². The first-order chi connectivity index (χ1) is 20.6. The Morgan fingerprint density at radius 3 is 1.64 bits per heavy atom. The number of anilines is 1. The minimum Gasteiger partial charge on any atom is -0.452 e. The summed E-state index contributed by atoms with van der Waals surface area (Å²) in [6.45, 7) is 8.06. The molecular weight excluding hydrogens is 560 g/mol. The number of nitrogens with zero attached hydrogens (tertiary/aromatic N) is 7. The number of fused-ring (bicyclic) bond motifs is 2. The number of hydrogen-bond donors (Lipinski definition) is 1. The van der Waals surface area contributed by atoms with Crippen LogP contribution in [0.3, 0.4) is 0 Å². The number of aryl methyl sites for hydroxylation is 1. The molecule has 0 bridgehead atoms. The molecule has 3 rings (SSSR count). The number of carbonyl (C=O) groups excluding carboxylic acids is 2. The van der Waals surface area contributed by atoms with Gasteiger partial charge in [0.1, 0.15) is 11.2 Å². The molecule has 0 spiro atoms. The van der Waals surface area contributed by atoms with Gasteiger partial charge in [-0.05, 0) is 81.9 Å². The van der Waals surface area contributed by atoms with E-state index in [1.54, 1.807) is 17.9 Å². The Morgan fingerprint density at radius 2 is 1.18 bits per heavy atom. The van der Waals surface area contributed by atoms with Crippen LogP contribution in [-0.4, -0.2) is 155 Å². The number of nitrogens with two attached hydrogens (primary N) is 1. The Balaban J connectivity index is 2.27. The summed E-state index contributed by atoms with van der Waals surface area (Å²) in [5.74, 6) is -0.378. The van der Waals surface area contributed by atoms with E-state index < -0.39 is 11.3 Å². The van der Waals surface area contributed by atoms with Crippen LogP contribution in [-0.2, 0) is 0 Å². The molecule has 1 aliphatic carbocycles. The van der Waals surface area contributed by atoms with Crippen molar-refractivity contribution >= 4 is 28.6 Å². The summed E-state index contributed by atoms with van der Waals surface area (Å²) in [5.41, 5.74) is 8.10. The van der Waals surface area contributed by atoms with Gasteiger partial charge in [0.25, 0.3) is 11.8 Å². The average Bonchev–Trinajstić information content (AvgIpc) is 2.95. The fourth-order valence-electron chi connectivity index (χ4n) is 4.82. The number of nitrogen functional groups attached to an aromatic ring is 1. The Morgan fingerprint density at radius 1 is 0.727 bits per heavy atom. The lowest BCUT2D eigenvalue weighted by atomic mass is 9.99. The van der Waals surface area contributed by atoms with Gasteiger partial charge >= 0.3 is 0 Å². The van der Waals surface area contributed by atoms with Gasteiger partial charge in [0.05, 0.1) is 16.8 Å². The number of aromatic nitrogens is 1. The van der Waals surface area contributed by atoms with Crippen LogP contribution >= 0.6 is 0 Å². The third kappa shape index (κ3) is 8.12. The van der Waals surface area contributed by atoms with Crippen molar-refractivity contribution in [3.05, 3.63) is 44.6 Å². The highest BCUT2D eigenvalue weighted by atomic mass is 16.3. The Kier molecular flexibility index (Phi) is 11.8. The molecule has 0 fully saturated rings. The monoisotopic (exact) mass is 610 g/mol. The maximum Gasteiger partial charge on any atom is 0.258 e. The topological polar surface area (TPSA) is 123 Å². The first-order valence-electron chi connectivity index (χ1n) is 15.0. The van der Waals surface area contributed by atoms with Crippen molar-refractivity contribution in [3.63, 3.8) is 0 Å². The Labute approximate surface area is 261 Å². The van der Waals surface area contributed by atoms with E-state index in [9.17, 15) is 14.4 Å². The van der Waals surface area contributed by atoms with Gasteiger partial charge in [0, 0.05) is 57.9 Å². The van der Waals surface area contributed by atoms with Crippen LogP contribution < -0.4 is 11.2 Å². The molecule has 0 aromatic heterocycles. The number of hydrogen-bond acceptors (Lipinski definition) is 10. The summed E-state index contributed by atoms with van der Waals surface area (Å²) in [6.07, 6.45) is 0. The summed E-state index contributed by atoms with van der Waals surface area (Å²) in [7, 11) is 15.6. The van der Waals surface area contributed by atoms with Crippen molar-refractivity contribution in [2.45, 2.75) is 13.8 Å². The second kappa shape index (κ2) is 14.9. The fourth-order valence-corrected chi connectivity index (χ4v) is 4.82. The van der Waals surface area contributed by atoms with E-state index in [0.717, 1.165) is 5.56 Å². The highest BCUT2D eigenvalue weighted by Crippen LogP contribution is 2.35. The molecule has 44 heavy (non-hydrogen) atoms. The molecule has 0 radical (unpaired) electrons. The molecule has 12 nitrogen and oxygen atoms in total. The quantitative estimate of drug-likeness (QED) is 0.213. The van der Waals surface area contributed by atoms with Crippen LogP contribution in [0.5, 0.6) is 0 Å². The molecule has 1 aromatic carbocycles. The van der Waals surface area contributed by atoms with Gasteiger partial charge in [0.2, 0.25) is 5.43 Å². The molecule has 0 atom stereocenters. The third-order valence-electron chi connectivity index (χ3n) is 7.69. The molecule has 242 valence electrons. The highest BCUT2D eigenvalue weighted by molar-refractivity contribution is 6.08. The summed E-state index contributed by atoms with van der Waals surface area (Å²) in [5, 5.41) is 0. The Bertz CT molecular complexity index is 1470. The molecule has 1 aromatic rings. The lowest BCUT2D eigenvalue weighted by Gasteiger charge is -2.28. The van der Waals surface area contributed by atoms with E-state index >= 15 is 0 Å². The normalized spacial score (nSPS) is 12.0. The van der Waals surface area contributed by atoms with Crippen molar-refractivity contribution in [3.8, 4) is 11.5 Å². The van der Waals surface area contributed by atoms with E-state index in [1.807, 2.05) is 93.9 Å². The number of likely N-dealkylation sites (N-methyl/N-ethyl adjacent to an activating group) is 4. The summed E-state index contributed by atoms with van der Waals surface area (Å²) >= 11 is 0. The number of amides is 2. The van der Waals surface area contributed by atoms with Gasteiger partial charge in [-0.2, -0.15) is 0 Å². The SMILES string of the molecule is Cc1c2oc3c(C)ccc(C(=O)N(CCN(C)C)CCN(C)C)c3nc-2c(C(=O)N(CCN(C)C)CCN(C)C)c(N)c1=O. The van der Waals surface area contributed by atoms with Crippen LogP contribution in [0.1, 0.15) is 31.8 Å². The summed E-state index contributed by atoms with van der Waals surface area (Å²) in [6, 6.07) is 3.58. The van der Waals surface area contributed by atoms with Crippen molar-refractivity contribution in [2.75, 3.05) is 114 Å². The minimum absolute atomic E-state index is 0.00994. The fraction of sp³-hybridized carbons (Fsp3) is 0.562. The summed E-state index contributed by atoms with van der Waals surface area (Å²) < 4.78 is 6.39. The summed E-state index contributed by atoms with van der Waals surface area (Å²) in [4.78, 5) is 58.1. The maximum atomic E-state index is 14.2. The molecule has 0 unspecified atom stereocenters. The number of benzene rings is 2. The molecule has 1 aliphatic heterocycles. The first-order valence-corrected chi connectivity index (χ1v) is 15.0. The van der Waals surface area contributed by atoms with E-state index in [-0.39, 0.29) is 34.2 Å². The number of carbonyl (C=O) groups is 2. The maximum absolute atomic E-state index is 14.2. The van der Waals surface area contributed by atoms with E-state index in [2.05, 4.69) is 0 Å². The Hall–Kier alpha value is -3.58. The minimum atomic E-state index is -0.464. The number of rotatable bonds is 14. The van der Waals surface area contributed by atoms with E-state index in [1.165, 1.54) is 0 Å². The van der Waals surface area contributed by atoms with Crippen molar-refractivity contribution < 1.29 is 14.0 Å². The molecular formula is C32H50N8O4. The van der Waals surface area contributed by atoms with Gasteiger partial charge in [-0.1, -0.05) is 6.07 Å². The zero-order valence-corrected chi connectivity index (χ0v) is 28.2. The van der Waals surface area contributed by atoms with Crippen LogP contribution in [0.25, 0.3) is 22.6 Å². The molecule has 0 saturated heterocycles. The highest BCUT2D eigenvalue weighted by Gasteiger charge is 2.32. The lowest BCUT2D eigenvalue weighted by Crippen LogP contribution is -2.41. The smallest absolute Gasteiger partial charge is 0.258 e. The molecule has 2 aliphatic rings. The van der Waals surface area contributed by atoms with Crippen LogP contribution in [0.2, 0.25) is 0 Å². The van der Waals surface area contributed by atoms with Crippen molar-refractivity contribution in [2.24, 2.45) is 0 Å². The van der Waals surface area contributed by atoms with Gasteiger partial charge in [-0.3, -0.25) is 14.4 Å². The molecule has 0 saturated carbocycles. The third-order valence-corrected chi connectivity index (χ3v) is 7.69. The second-order valence-corrected chi connectivity index (χ2v) is 12.5. The van der Waals surface area contributed by atoms with Crippen molar-refractivity contribution in [1.29, 1.82) is 0 Å². The van der Waals surface area contributed by atoms with Gasteiger partial charge in [0.15, 0.2) is 11.3 Å². The predicted molar refractivity (Wildman–Crippen MR) is 177 cm³/mol. The predicted octanol–water partition coefficient (Wildman–Crippen LogP) is 1.62. The molecule has 2 amide bonds. The van der Waals surface area contributed by atoms with Crippen molar-refractivity contribution in [1.82, 2.24) is 34.4 Å². The van der Waals surface area contributed by atoms with Gasteiger partial charge < -0.3 is 39.6 Å². The van der Waals surface area contributed by atoms with E-state index in [0.29, 0.717) is 69.0 Å². The zero-order valence-electron chi connectivity index (χ0n) is 28.2. The van der Waals surface area contributed by atoms with Gasteiger partial charge in [-0.25, -0.2) is 4.98 Å². The second-order valence-electron chi connectivity index (χ2n) is 12.5. The van der Waals surface area contributed by atoms with Gasteiger partial charge in [-0.15, -0.1) is 0 Å². The largest absolute Gasteiger partial charge is 0.452 e. The first kappa shape index (κ1) is 34.9. The standard InChI is InChI=1S/C32H50N8O4/c1-21-11-12-23(31(42)39(17-13-35(3)4)18-14-36(5)6)26-29(21)44-30-22(2)28(41)25(33)24(27(30)34-26)32(43)40(19-15-37(7)8)20-16-38(9)10/h11-12H,13-20,33H2,1-10H3. The zero-order chi connectivity index (χ0) is 32.9. The average molecular weight is 611 g/mol.